The molecule has 0 bridgehead atoms. The normalized spacial score (nSPS) is 19.6. The van der Waals surface area contributed by atoms with Crippen LogP contribution in [0.3, 0.4) is 0 Å². The minimum Gasteiger partial charge on any atom is -0.369 e. The maximum atomic E-state index is 13.2. The average molecular weight is 419 g/mol. The van der Waals surface area contributed by atoms with Gasteiger partial charge >= 0.3 is 0 Å². The molecule has 158 valence electrons. The Labute approximate surface area is 173 Å². The van der Waals surface area contributed by atoms with Gasteiger partial charge in [0.05, 0.1) is 18.1 Å². The van der Waals surface area contributed by atoms with Crippen LogP contribution in [0.1, 0.15) is 30.7 Å². The van der Waals surface area contributed by atoms with Crippen LogP contribution in [0.4, 0.5) is 5.69 Å². The Hall–Kier alpha value is -1.97. The predicted molar refractivity (Wildman–Crippen MR) is 112 cm³/mol. The van der Waals surface area contributed by atoms with Crippen LogP contribution >= 0.6 is 0 Å². The van der Waals surface area contributed by atoms with Gasteiger partial charge in [-0.3, -0.25) is 14.6 Å². The molecule has 0 aliphatic carbocycles. The number of piperidine rings is 1. The van der Waals surface area contributed by atoms with Crippen LogP contribution in [0.15, 0.2) is 29.4 Å². The molecule has 2 aliphatic rings. The van der Waals surface area contributed by atoms with Gasteiger partial charge in [-0.15, -0.1) is 0 Å². The van der Waals surface area contributed by atoms with Crippen molar-refractivity contribution < 1.29 is 8.42 Å². The Bertz CT molecular complexity index is 929. The van der Waals surface area contributed by atoms with Gasteiger partial charge < -0.3 is 4.90 Å². The summed E-state index contributed by atoms with van der Waals surface area (Å²) in [5.74, 6) is 0. The number of hydrogen-bond acceptors (Lipinski definition) is 6. The van der Waals surface area contributed by atoms with E-state index in [1.807, 2.05) is 43.1 Å². The monoisotopic (exact) mass is 418 g/mol. The van der Waals surface area contributed by atoms with Crippen molar-refractivity contribution in [3.8, 4) is 0 Å². The summed E-state index contributed by atoms with van der Waals surface area (Å²) in [5, 5.41) is 4.59. The van der Waals surface area contributed by atoms with E-state index in [-0.39, 0.29) is 0 Å². The Morgan fingerprint density at radius 2 is 1.59 bits per heavy atom. The highest BCUT2D eigenvalue weighted by Gasteiger charge is 2.32. The zero-order chi connectivity index (χ0) is 20.4. The van der Waals surface area contributed by atoms with Crippen LogP contribution in [-0.2, 0) is 16.7 Å². The molecule has 2 aromatic heterocycles. The van der Waals surface area contributed by atoms with E-state index in [1.165, 1.54) is 5.69 Å². The first-order chi connectivity index (χ1) is 14.0. The highest BCUT2D eigenvalue weighted by molar-refractivity contribution is 7.89. The summed E-state index contributed by atoms with van der Waals surface area (Å²) in [7, 11) is -3.47. The molecule has 0 unspecified atom stereocenters. The standard InChI is InChI=1S/C20H30N6O2S/c1-17-20(29(27,28)25-10-4-3-5-11-25)18(2)26(22-17)16-23-12-14-24(15-13-23)19-6-8-21-9-7-19/h6-9H,3-5,10-16H2,1-2H3. The van der Waals surface area contributed by atoms with Gasteiger partial charge in [0, 0.05) is 57.3 Å². The fourth-order valence-electron chi connectivity index (χ4n) is 4.32. The van der Waals surface area contributed by atoms with E-state index in [0.717, 1.165) is 51.1 Å². The smallest absolute Gasteiger partial charge is 0.246 e. The molecule has 29 heavy (non-hydrogen) atoms. The van der Waals surface area contributed by atoms with E-state index in [0.29, 0.717) is 30.3 Å². The van der Waals surface area contributed by atoms with Crippen molar-refractivity contribution in [2.45, 2.75) is 44.7 Å². The maximum Gasteiger partial charge on any atom is 0.246 e. The van der Waals surface area contributed by atoms with Crippen molar-refractivity contribution in [1.29, 1.82) is 0 Å². The third-order valence-corrected chi connectivity index (χ3v) is 8.11. The van der Waals surface area contributed by atoms with Gasteiger partial charge in [0.1, 0.15) is 4.90 Å². The Morgan fingerprint density at radius 3 is 2.24 bits per heavy atom. The second kappa shape index (κ2) is 8.41. The number of anilines is 1. The lowest BCUT2D eigenvalue weighted by atomic mass is 10.2. The van der Waals surface area contributed by atoms with Crippen molar-refractivity contribution in [3.63, 3.8) is 0 Å². The number of aromatic nitrogens is 3. The molecule has 8 nitrogen and oxygen atoms in total. The van der Waals surface area contributed by atoms with E-state index < -0.39 is 10.0 Å². The van der Waals surface area contributed by atoms with Gasteiger partial charge in [-0.25, -0.2) is 8.42 Å². The van der Waals surface area contributed by atoms with Crippen molar-refractivity contribution in [2.24, 2.45) is 0 Å². The van der Waals surface area contributed by atoms with Crippen molar-refractivity contribution >= 4 is 15.7 Å². The zero-order valence-corrected chi connectivity index (χ0v) is 18.1. The first-order valence-corrected chi connectivity index (χ1v) is 11.8. The molecular formula is C20H30N6O2S. The molecule has 9 heteroatoms. The fourth-order valence-corrected chi connectivity index (χ4v) is 6.21. The summed E-state index contributed by atoms with van der Waals surface area (Å²) in [5.41, 5.74) is 2.54. The van der Waals surface area contributed by atoms with Gasteiger partial charge in [0.25, 0.3) is 0 Å². The summed E-state index contributed by atoms with van der Waals surface area (Å²) >= 11 is 0. The summed E-state index contributed by atoms with van der Waals surface area (Å²) < 4.78 is 29.8. The molecule has 0 spiro atoms. The molecule has 0 amide bonds. The molecule has 0 aromatic carbocycles. The van der Waals surface area contributed by atoms with E-state index in [2.05, 4.69) is 19.9 Å². The zero-order valence-electron chi connectivity index (χ0n) is 17.3. The van der Waals surface area contributed by atoms with Crippen LogP contribution < -0.4 is 4.90 Å². The first kappa shape index (κ1) is 20.3. The van der Waals surface area contributed by atoms with E-state index in [1.54, 1.807) is 4.31 Å². The summed E-state index contributed by atoms with van der Waals surface area (Å²) in [6.45, 7) is 9.22. The molecule has 2 saturated heterocycles. The molecule has 0 N–H and O–H groups in total. The van der Waals surface area contributed by atoms with Crippen LogP contribution in [-0.4, -0.2) is 71.7 Å². The first-order valence-electron chi connectivity index (χ1n) is 10.4. The number of piperazine rings is 1. The third kappa shape index (κ3) is 4.17. The van der Waals surface area contributed by atoms with Crippen molar-refractivity contribution in [3.05, 3.63) is 35.9 Å². The van der Waals surface area contributed by atoms with Gasteiger partial charge in [-0.05, 0) is 38.8 Å². The second-order valence-electron chi connectivity index (χ2n) is 7.92. The molecule has 2 aliphatic heterocycles. The Morgan fingerprint density at radius 1 is 0.931 bits per heavy atom. The molecule has 2 fully saturated rings. The molecule has 0 saturated carbocycles. The van der Waals surface area contributed by atoms with Crippen molar-refractivity contribution in [1.82, 2.24) is 24.0 Å². The third-order valence-electron chi connectivity index (χ3n) is 5.96. The Kier molecular flexibility index (Phi) is 5.89. The van der Waals surface area contributed by atoms with Gasteiger partial charge in [0.15, 0.2) is 0 Å². The molecule has 4 rings (SSSR count). The lowest BCUT2D eigenvalue weighted by Crippen LogP contribution is -2.47. The minimum absolute atomic E-state index is 0.398. The molecule has 4 heterocycles. The Balaban J connectivity index is 1.45. The van der Waals surface area contributed by atoms with Crippen molar-refractivity contribution in [2.75, 3.05) is 44.2 Å². The van der Waals surface area contributed by atoms with E-state index in [4.69, 9.17) is 0 Å². The molecule has 0 atom stereocenters. The predicted octanol–water partition coefficient (Wildman–Crippen LogP) is 1.85. The van der Waals surface area contributed by atoms with Gasteiger partial charge in [-0.2, -0.15) is 9.40 Å². The summed E-state index contributed by atoms with van der Waals surface area (Å²) in [6.07, 6.45) is 6.62. The van der Waals surface area contributed by atoms with Gasteiger partial charge in [0.2, 0.25) is 10.0 Å². The fraction of sp³-hybridized carbons (Fsp3) is 0.600. The quantitative estimate of drug-likeness (QED) is 0.738. The average Bonchev–Trinajstić information content (AvgIpc) is 3.03. The minimum atomic E-state index is -3.47. The number of pyridine rings is 1. The van der Waals surface area contributed by atoms with Crippen LogP contribution in [0.2, 0.25) is 0 Å². The summed E-state index contributed by atoms with van der Waals surface area (Å²) in [6, 6.07) is 4.07. The highest BCUT2D eigenvalue weighted by atomic mass is 32.2. The number of hydrogen-bond donors (Lipinski definition) is 0. The summed E-state index contributed by atoms with van der Waals surface area (Å²) in [4.78, 5) is 9.16. The number of nitrogens with zero attached hydrogens (tertiary/aromatic N) is 6. The lowest BCUT2D eigenvalue weighted by Gasteiger charge is -2.36. The van der Waals surface area contributed by atoms with Crippen LogP contribution in [0.25, 0.3) is 0 Å². The number of rotatable bonds is 5. The van der Waals surface area contributed by atoms with Crippen LogP contribution in [0, 0.1) is 13.8 Å². The topological polar surface area (TPSA) is 74.6 Å². The SMILES string of the molecule is Cc1nn(CN2CCN(c3ccncc3)CC2)c(C)c1S(=O)(=O)N1CCCCC1. The highest BCUT2D eigenvalue weighted by Crippen LogP contribution is 2.26. The molecular weight excluding hydrogens is 388 g/mol. The van der Waals surface area contributed by atoms with Gasteiger partial charge in [-0.1, -0.05) is 6.42 Å². The molecule has 2 aromatic rings. The largest absolute Gasteiger partial charge is 0.369 e. The van der Waals surface area contributed by atoms with E-state index >= 15 is 0 Å². The second-order valence-corrected chi connectivity index (χ2v) is 9.79. The maximum absolute atomic E-state index is 13.2. The lowest BCUT2D eigenvalue weighted by molar-refractivity contribution is 0.193. The van der Waals surface area contributed by atoms with Crippen LogP contribution in [0.5, 0.6) is 0 Å². The van der Waals surface area contributed by atoms with E-state index in [9.17, 15) is 8.42 Å². The number of sulfonamides is 1. The number of aryl methyl sites for hydroxylation is 1. The molecule has 0 radical (unpaired) electrons.